The zero-order valence-corrected chi connectivity index (χ0v) is 18.4. The van der Waals surface area contributed by atoms with Gasteiger partial charge in [-0.1, -0.05) is 19.1 Å². The molecule has 1 amide bonds. The third-order valence-corrected chi connectivity index (χ3v) is 5.57. The van der Waals surface area contributed by atoms with Crippen LogP contribution in [0, 0.1) is 6.92 Å². The van der Waals surface area contributed by atoms with Gasteiger partial charge in [0.1, 0.15) is 11.6 Å². The van der Waals surface area contributed by atoms with Crippen LogP contribution in [0.1, 0.15) is 25.4 Å². The van der Waals surface area contributed by atoms with Crippen LogP contribution in [0.5, 0.6) is 11.5 Å². The fourth-order valence-corrected chi connectivity index (χ4v) is 3.89. The van der Waals surface area contributed by atoms with Gasteiger partial charge in [0.05, 0.1) is 7.11 Å². The second-order valence-corrected chi connectivity index (χ2v) is 7.58. The van der Waals surface area contributed by atoms with E-state index in [1.165, 1.54) is 0 Å². The number of amides is 1. The smallest absolute Gasteiger partial charge is 0.263 e. The molecule has 3 heterocycles. The highest BCUT2D eigenvalue weighted by Gasteiger charge is 2.27. The van der Waals surface area contributed by atoms with E-state index in [1.54, 1.807) is 20.1 Å². The Morgan fingerprint density at radius 2 is 1.84 bits per heavy atom. The van der Waals surface area contributed by atoms with Crippen LogP contribution < -0.4 is 14.4 Å². The van der Waals surface area contributed by atoms with Crippen LogP contribution in [0.3, 0.4) is 0 Å². The minimum absolute atomic E-state index is 0.0322. The molecule has 1 atom stereocenters. The number of ether oxygens (including phenoxy) is 2. The molecule has 2 aromatic heterocycles. The molecule has 0 N–H and O–H groups in total. The number of hydrogen-bond donors (Lipinski definition) is 0. The SMILES string of the molecule is CCc1nnc2nc(N3CCN(C(=O)C(C)Oc4ccccc4OC)CC3)cc(C)n12. The number of nitrogens with zero attached hydrogens (tertiary/aromatic N) is 6. The lowest BCUT2D eigenvalue weighted by Gasteiger charge is -2.36. The monoisotopic (exact) mass is 424 g/mol. The van der Waals surface area contributed by atoms with Gasteiger partial charge in [0.2, 0.25) is 0 Å². The van der Waals surface area contributed by atoms with Gasteiger partial charge < -0.3 is 19.3 Å². The molecule has 1 unspecified atom stereocenters. The standard InChI is InChI=1S/C22H28N6O3/c1-5-19-24-25-22-23-20(14-15(2)28(19)22)26-10-12-27(13-11-26)21(29)16(3)31-18-9-7-6-8-17(18)30-4/h6-9,14,16H,5,10-13H2,1-4H3. The fraction of sp³-hybridized carbons (Fsp3) is 0.455. The van der Waals surface area contributed by atoms with Gasteiger partial charge in [-0.05, 0) is 26.0 Å². The van der Waals surface area contributed by atoms with E-state index in [-0.39, 0.29) is 5.91 Å². The highest BCUT2D eigenvalue weighted by Crippen LogP contribution is 2.27. The van der Waals surface area contributed by atoms with Crippen molar-refractivity contribution in [3.05, 3.63) is 41.9 Å². The Hall–Kier alpha value is -3.36. The first-order valence-corrected chi connectivity index (χ1v) is 10.6. The molecule has 3 aromatic rings. The first kappa shape index (κ1) is 20.9. The van der Waals surface area contributed by atoms with Crippen molar-refractivity contribution in [1.82, 2.24) is 24.5 Å². The van der Waals surface area contributed by atoms with Crippen molar-refractivity contribution >= 4 is 17.5 Å². The topological polar surface area (TPSA) is 85.1 Å². The van der Waals surface area contributed by atoms with Crippen LogP contribution in [0.2, 0.25) is 0 Å². The van der Waals surface area contributed by atoms with Crippen molar-refractivity contribution in [2.75, 3.05) is 38.2 Å². The molecule has 1 fully saturated rings. The molecule has 1 aromatic carbocycles. The van der Waals surface area contributed by atoms with E-state index in [0.29, 0.717) is 43.5 Å². The second-order valence-electron chi connectivity index (χ2n) is 7.58. The van der Waals surface area contributed by atoms with Crippen LogP contribution in [-0.4, -0.2) is 69.8 Å². The van der Waals surface area contributed by atoms with Gasteiger partial charge in [-0.3, -0.25) is 9.20 Å². The number of carbonyl (C=O) groups excluding carboxylic acids is 1. The van der Waals surface area contributed by atoms with Crippen LogP contribution in [0.15, 0.2) is 30.3 Å². The molecule has 0 aliphatic carbocycles. The summed E-state index contributed by atoms with van der Waals surface area (Å²) in [5.41, 5.74) is 1.05. The Kier molecular flexibility index (Phi) is 5.92. The molecule has 0 bridgehead atoms. The van der Waals surface area contributed by atoms with Gasteiger partial charge in [-0.15, -0.1) is 10.2 Å². The van der Waals surface area contributed by atoms with Crippen LogP contribution >= 0.6 is 0 Å². The number of aryl methyl sites for hydroxylation is 2. The molecule has 0 radical (unpaired) electrons. The molecule has 9 nitrogen and oxygen atoms in total. The second kappa shape index (κ2) is 8.79. The summed E-state index contributed by atoms with van der Waals surface area (Å²) in [6, 6.07) is 9.40. The number of hydrogen-bond acceptors (Lipinski definition) is 7. The van der Waals surface area contributed by atoms with Gasteiger partial charge >= 0.3 is 0 Å². The van der Waals surface area contributed by atoms with Crippen molar-refractivity contribution in [2.45, 2.75) is 33.3 Å². The molecule has 9 heteroatoms. The summed E-state index contributed by atoms with van der Waals surface area (Å²) in [6.07, 6.45) is 0.210. The van der Waals surface area contributed by atoms with Crippen molar-refractivity contribution in [2.24, 2.45) is 0 Å². The zero-order valence-electron chi connectivity index (χ0n) is 18.4. The fourth-order valence-electron chi connectivity index (χ4n) is 3.89. The van der Waals surface area contributed by atoms with Gasteiger partial charge in [0, 0.05) is 44.4 Å². The van der Waals surface area contributed by atoms with E-state index in [0.717, 1.165) is 23.8 Å². The number of fused-ring (bicyclic) bond motifs is 1. The summed E-state index contributed by atoms with van der Waals surface area (Å²) < 4.78 is 13.2. The van der Waals surface area contributed by atoms with Gasteiger partial charge in [-0.2, -0.15) is 4.98 Å². The third kappa shape index (κ3) is 4.12. The summed E-state index contributed by atoms with van der Waals surface area (Å²) in [4.78, 5) is 21.6. The Morgan fingerprint density at radius 1 is 1.13 bits per heavy atom. The maximum atomic E-state index is 12.9. The normalized spacial score (nSPS) is 15.2. The molecule has 1 aliphatic rings. The molecule has 0 spiro atoms. The predicted molar refractivity (Wildman–Crippen MR) is 117 cm³/mol. The van der Waals surface area contributed by atoms with Gasteiger partial charge in [0.15, 0.2) is 17.6 Å². The lowest BCUT2D eigenvalue weighted by molar-refractivity contribution is -0.138. The first-order chi connectivity index (χ1) is 15.0. The maximum absolute atomic E-state index is 12.9. The van der Waals surface area contributed by atoms with Crippen molar-refractivity contribution in [1.29, 1.82) is 0 Å². The Morgan fingerprint density at radius 3 is 2.52 bits per heavy atom. The largest absolute Gasteiger partial charge is 0.493 e. The summed E-state index contributed by atoms with van der Waals surface area (Å²) >= 11 is 0. The Balaban J connectivity index is 1.40. The quantitative estimate of drug-likeness (QED) is 0.599. The van der Waals surface area contributed by atoms with E-state index >= 15 is 0 Å². The molecule has 1 saturated heterocycles. The summed E-state index contributed by atoms with van der Waals surface area (Å²) in [6.45, 7) is 8.48. The lowest BCUT2D eigenvalue weighted by Crippen LogP contribution is -2.52. The van der Waals surface area contributed by atoms with E-state index in [4.69, 9.17) is 9.47 Å². The van der Waals surface area contributed by atoms with E-state index < -0.39 is 6.10 Å². The molecule has 0 saturated carbocycles. The number of carbonyl (C=O) groups is 1. The maximum Gasteiger partial charge on any atom is 0.263 e. The zero-order chi connectivity index (χ0) is 22.0. The number of anilines is 1. The van der Waals surface area contributed by atoms with E-state index in [9.17, 15) is 4.79 Å². The minimum Gasteiger partial charge on any atom is -0.493 e. The number of rotatable bonds is 6. The predicted octanol–water partition coefficient (Wildman–Crippen LogP) is 2.12. The van der Waals surface area contributed by atoms with Crippen molar-refractivity contribution in [3.63, 3.8) is 0 Å². The minimum atomic E-state index is -0.594. The van der Waals surface area contributed by atoms with Gasteiger partial charge in [0.25, 0.3) is 11.7 Å². The van der Waals surface area contributed by atoms with E-state index in [2.05, 4.69) is 33.1 Å². The number of piperazine rings is 1. The average Bonchev–Trinajstić information content (AvgIpc) is 3.23. The molecular formula is C22H28N6O3. The molecule has 164 valence electrons. The van der Waals surface area contributed by atoms with Crippen LogP contribution in [-0.2, 0) is 11.2 Å². The number of benzene rings is 1. The van der Waals surface area contributed by atoms with E-state index in [1.807, 2.05) is 34.4 Å². The first-order valence-electron chi connectivity index (χ1n) is 10.6. The average molecular weight is 425 g/mol. The van der Waals surface area contributed by atoms with Crippen LogP contribution in [0.4, 0.5) is 5.82 Å². The summed E-state index contributed by atoms with van der Waals surface area (Å²) in [5.74, 6) is 3.54. The highest BCUT2D eigenvalue weighted by atomic mass is 16.5. The number of aromatic nitrogens is 4. The Labute approximate surface area is 181 Å². The number of methoxy groups -OCH3 is 1. The van der Waals surface area contributed by atoms with Crippen molar-refractivity contribution < 1.29 is 14.3 Å². The summed E-state index contributed by atoms with van der Waals surface area (Å²) in [5, 5.41) is 8.43. The number of para-hydroxylation sites is 2. The van der Waals surface area contributed by atoms with Crippen LogP contribution in [0.25, 0.3) is 5.78 Å². The summed E-state index contributed by atoms with van der Waals surface area (Å²) in [7, 11) is 1.59. The Bertz CT molecular complexity index is 1070. The molecule has 4 rings (SSSR count). The third-order valence-electron chi connectivity index (χ3n) is 5.57. The molecule has 1 aliphatic heterocycles. The molecular weight excluding hydrogens is 396 g/mol. The molecule has 31 heavy (non-hydrogen) atoms. The van der Waals surface area contributed by atoms with Crippen molar-refractivity contribution in [3.8, 4) is 11.5 Å². The lowest BCUT2D eigenvalue weighted by atomic mass is 10.2. The van der Waals surface area contributed by atoms with Gasteiger partial charge in [-0.25, -0.2) is 0 Å². The highest BCUT2D eigenvalue weighted by molar-refractivity contribution is 5.81.